The van der Waals surface area contributed by atoms with Crippen molar-refractivity contribution in [1.29, 1.82) is 0 Å². The zero-order valence-electron chi connectivity index (χ0n) is 23.1. The van der Waals surface area contributed by atoms with Crippen molar-refractivity contribution in [2.24, 2.45) is 0 Å². The molecule has 1 fully saturated rings. The molecule has 11 nitrogen and oxygen atoms in total. The lowest BCUT2D eigenvalue weighted by Gasteiger charge is -2.38. The Labute approximate surface area is 242 Å². The van der Waals surface area contributed by atoms with Gasteiger partial charge >= 0.3 is 6.09 Å². The van der Waals surface area contributed by atoms with Crippen LogP contribution in [0.2, 0.25) is 5.02 Å². The van der Waals surface area contributed by atoms with E-state index in [0.29, 0.717) is 28.8 Å². The Kier molecular flexibility index (Phi) is 8.07. The van der Waals surface area contributed by atoms with Crippen molar-refractivity contribution in [3.05, 3.63) is 75.8 Å². The molecule has 1 saturated carbocycles. The molecule has 2 N–H and O–H groups in total. The van der Waals surface area contributed by atoms with E-state index in [2.05, 4.69) is 20.3 Å². The van der Waals surface area contributed by atoms with Crippen LogP contribution in [-0.4, -0.2) is 53.5 Å². The zero-order chi connectivity index (χ0) is 29.1. The molecule has 1 aliphatic rings. The monoisotopic (exact) mass is 577 g/mol. The number of ether oxygens (including phenoxy) is 1. The van der Waals surface area contributed by atoms with Crippen LogP contribution in [-0.2, 0) is 11.3 Å². The number of para-hydroxylation sites is 1. The molecule has 1 amide bonds. The normalized spacial score (nSPS) is 17.3. The summed E-state index contributed by atoms with van der Waals surface area (Å²) >= 11 is 6.52. The number of fused-ring (bicyclic) bond motifs is 1. The van der Waals surface area contributed by atoms with Crippen LogP contribution in [0.25, 0.3) is 22.2 Å². The van der Waals surface area contributed by atoms with Crippen molar-refractivity contribution in [2.45, 2.75) is 70.7 Å². The third kappa shape index (κ3) is 6.74. The minimum atomic E-state index is -0.680. The van der Waals surface area contributed by atoms with Crippen LogP contribution in [0.1, 0.15) is 52.1 Å². The van der Waals surface area contributed by atoms with Gasteiger partial charge in [-0.15, -0.1) is 0 Å². The number of carbonyl (C=O) groups is 1. The number of H-pyrrole nitrogens is 1. The van der Waals surface area contributed by atoms with Crippen LogP contribution in [0, 0.1) is 10.1 Å². The smallest absolute Gasteiger partial charge is 0.410 e. The molecular weight excluding hydrogens is 546 g/mol. The third-order valence-electron chi connectivity index (χ3n) is 6.99. The number of nitrogens with zero attached hydrogens (tertiary/aromatic N) is 5. The topological polar surface area (TPSA) is 139 Å². The van der Waals surface area contributed by atoms with Gasteiger partial charge < -0.3 is 15.0 Å². The van der Waals surface area contributed by atoms with Crippen LogP contribution in [0.15, 0.2) is 55.0 Å². The molecule has 0 bridgehead atoms. The van der Waals surface area contributed by atoms with Gasteiger partial charge in [-0.1, -0.05) is 29.8 Å². The summed E-state index contributed by atoms with van der Waals surface area (Å²) in [5.41, 5.74) is 2.28. The molecule has 3 heterocycles. The number of anilines is 1. The van der Waals surface area contributed by atoms with E-state index in [1.807, 2.05) is 51.2 Å². The molecule has 5 rings (SSSR count). The molecule has 0 saturated heterocycles. The lowest BCUT2D eigenvalue weighted by atomic mass is 9.90. The van der Waals surface area contributed by atoms with Crippen molar-refractivity contribution in [3.63, 3.8) is 0 Å². The Morgan fingerprint density at radius 1 is 1.20 bits per heavy atom. The molecule has 12 heteroatoms. The molecule has 3 aromatic heterocycles. The first kappa shape index (κ1) is 28.3. The molecule has 0 spiro atoms. The standard InChI is InChI=1S/C29H32ClN7O4/c1-29(2,3)41-28(38)36(17-19-11-12-21(14-31-19)37(39)40)20-8-6-7-18(13-20)34-27-33-16-24(30)26(35-27)23-15-32-25-10-5-4-9-22(23)25/h4-5,9-12,14-16,18,20,32H,6-8,13,17H2,1-3H3,(H,33,34,35)/t18-,20+/m1/s1. The maximum atomic E-state index is 13.3. The SMILES string of the molecule is CC(C)(C)OC(=O)N(Cc1ccc([N+](=O)[O-])cn1)[C@H]1CCC[C@@H](Nc2ncc(Cl)c(-c3c[nH]c4ccccc34)n2)C1. The molecule has 2 atom stereocenters. The van der Waals surface area contributed by atoms with Gasteiger partial charge in [0.15, 0.2) is 0 Å². The summed E-state index contributed by atoms with van der Waals surface area (Å²) in [6, 6.07) is 10.8. The van der Waals surface area contributed by atoms with Crippen LogP contribution in [0.4, 0.5) is 16.4 Å². The minimum Gasteiger partial charge on any atom is -0.444 e. The second-order valence-corrected chi connectivity index (χ2v) is 11.6. The van der Waals surface area contributed by atoms with Gasteiger partial charge in [0.25, 0.3) is 5.69 Å². The van der Waals surface area contributed by atoms with Gasteiger partial charge in [0.2, 0.25) is 5.95 Å². The van der Waals surface area contributed by atoms with Crippen LogP contribution < -0.4 is 5.32 Å². The average Bonchev–Trinajstić information content (AvgIpc) is 3.36. The van der Waals surface area contributed by atoms with E-state index in [1.54, 1.807) is 17.2 Å². The summed E-state index contributed by atoms with van der Waals surface area (Å²) in [7, 11) is 0. The second kappa shape index (κ2) is 11.7. The Bertz CT molecular complexity index is 1550. The maximum Gasteiger partial charge on any atom is 0.410 e. The molecule has 0 aliphatic heterocycles. The fourth-order valence-electron chi connectivity index (χ4n) is 5.11. The molecule has 0 unspecified atom stereocenters. The zero-order valence-corrected chi connectivity index (χ0v) is 23.9. The molecule has 4 aromatic rings. The molecule has 1 aliphatic carbocycles. The number of benzene rings is 1. The number of amides is 1. The highest BCUT2D eigenvalue weighted by atomic mass is 35.5. The quantitative estimate of drug-likeness (QED) is 0.182. The number of pyridine rings is 1. The number of hydrogen-bond donors (Lipinski definition) is 2. The Hall–Kier alpha value is -4.25. The summed E-state index contributed by atoms with van der Waals surface area (Å²) in [6.07, 6.45) is 7.42. The van der Waals surface area contributed by atoms with Crippen molar-refractivity contribution < 1.29 is 14.5 Å². The Balaban J connectivity index is 1.35. The highest BCUT2D eigenvalue weighted by molar-refractivity contribution is 6.33. The number of aromatic amines is 1. The highest BCUT2D eigenvalue weighted by Gasteiger charge is 2.33. The summed E-state index contributed by atoms with van der Waals surface area (Å²) in [6.45, 7) is 5.64. The van der Waals surface area contributed by atoms with Gasteiger partial charge in [-0.2, -0.15) is 0 Å². The lowest BCUT2D eigenvalue weighted by molar-refractivity contribution is -0.385. The predicted octanol–water partition coefficient (Wildman–Crippen LogP) is 6.74. The van der Waals surface area contributed by atoms with Crippen molar-refractivity contribution in [2.75, 3.05) is 5.32 Å². The maximum absolute atomic E-state index is 13.3. The van der Waals surface area contributed by atoms with E-state index in [0.717, 1.165) is 35.7 Å². The van der Waals surface area contributed by atoms with Gasteiger partial charge in [0.05, 0.1) is 34.1 Å². The van der Waals surface area contributed by atoms with E-state index in [1.165, 1.54) is 12.3 Å². The Morgan fingerprint density at radius 3 is 2.73 bits per heavy atom. The van der Waals surface area contributed by atoms with Crippen molar-refractivity contribution >= 4 is 40.2 Å². The lowest BCUT2D eigenvalue weighted by Crippen LogP contribution is -2.47. The van der Waals surface area contributed by atoms with E-state index in [4.69, 9.17) is 21.3 Å². The van der Waals surface area contributed by atoms with E-state index in [-0.39, 0.29) is 24.3 Å². The predicted molar refractivity (Wildman–Crippen MR) is 157 cm³/mol. The average molecular weight is 578 g/mol. The van der Waals surface area contributed by atoms with E-state index in [9.17, 15) is 14.9 Å². The van der Waals surface area contributed by atoms with Gasteiger partial charge in [-0.25, -0.2) is 14.8 Å². The van der Waals surface area contributed by atoms with Gasteiger partial charge in [0, 0.05) is 40.8 Å². The Morgan fingerprint density at radius 2 is 2.00 bits per heavy atom. The first-order valence-corrected chi connectivity index (χ1v) is 13.9. The van der Waals surface area contributed by atoms with Crippen LogP contribution in [0.5, 0.6) is 0 Å². The highest BCUT2D eigenvalue weighted by Crippen LogP contribution is 2.33. The fourth-order valence-corrected chi connectivity index (χ4v) is 5.30. The molecule has 1 aromatic carbocycles. The second-order valence-electron chi connectivity index (χ2n) is 11.2. The number of hydrogen-bond acceptors (Lipinski definition) is 8. The van der Waals surface area contributed by atoms with Crippen LogP contribution >= 0.6 is 11.6 Å². The summed E-state index contributed by atoms with van der Waals surface area (Å²) < 4.78 is 5.73. The molecule has 214 valence electrons. The first-order chi connectivity index (χ1) is 19.6. The largest absolute Gasteiger partial charge is 0.444 e. The minimum absolute atomic E-state index is 0.000464. The summed E-state index contributed by atoms with van der Waals surface area (Å²) in [5.74, 6) is 0.459. The number of halogens is 1. The first-order valence-electron chi connectivity index (χ1n) is 13.5. The molecule has 0 radical (unpaired) electrons. The third-order valence-corrected chi connectivity index (χ3v) is 7.27. The van der Waals surface area contributed by atoms with Crippen LogP contribution in [0.3, 0.4) is 0 Å². The van der Waals surface area contributed by atoms with Gasteiger partial charge in [0.1, 0.15) is 11.8 Å². The molecular formula is C29H32ClN7O4. The number of rotatable bonds is 7. The number of nitro groups is 1. The summed E-state index contributed by atoms with van der Waals surface area (Å²) in [5, 5.41) is 16.0. The van der Waals surface area contributed by atoms with Crippen molar-refractivity contribution in [3.8, 4) is 11.3 Å². The summed E-state index contributed by atoms with van der Waals surface area (Å²) in [4.78, 5) is 42.2. The van der Waals surface area contributed by atoms with E-state index >= 15 is 0 Å². The number of carbonyl (C=O) groups excluding carboxylic acids is 1. The van der Waals surface area contributed by atoms with Gasteiger partial charge in [-0.05, 0) is 58.6 Å². The number of nitrogens with one attached hydrogen (secondary N) is 2. The van der Waals surface area contributed by atoms with Gasteiger partial charge in [-0.3, -0.25) is 20.0 Å². The fraction of sp³-hybridized carbons (Fsp3) is 0.379. The van der Waals surface area contributed by atoms with Crippen molar-refractivity contribution in [1.82, 2.24) is 24.8 Å². The van der Waals surface area contributed by atoms with E-state index < -0.39 is 16.6 Å². The molecule has 41 heavy (non-hydrogen) atoms. The number of aromatic nitrogens is 4.